The number of benzene rings is 3. The molecule has 1 aromatic heterocycles. The number of rotatable bonds is 8. The van der Waals surface area contributed by atoms with Crippen molar-refractivity contribution in [3.8, 4) is 0 Å². The van der Waals surface area contributed by atoms with Crippen LogP contribution in [0, 0.1) is 17.7 Å². The van der Waals surface area contributed by atoms with Crippen LogP contribution in [0.15, 0.2) is 79.0 Å². The van der Waals surface area contributed by atoms with Crippen molar-refractivity contribution in [3.05, 3.63) is 107 Å². The summed E-state index contributed by atoms with van der Waals surface area (Å²) >= 11 is 6.16. The first-order chi connectivity index (χ1) is 22.4. The third-order valence-electron chi connectivity index (χ3n) is 8.77. The van der Waals surface area contributed by atoms with Crippen LogP contribution in [0.2, 0.25) is 5.02 Å². The van der Waals surface area contributed by atoms with Crippen molar-refractivity contribution in [2.75, 3.05) is 12.0 Å². The van der Waals surface area contributed by atoms with Crippen molar-refractivity contribution in [2.45, 2.75) is 70.8 Å². The molecule has 7 nitrogen and oxygen atoms in total. The van der Waals surface area contributed by atoms with Crippen LogP contribution in [-0.4, -0.2) is 35.7 Å². The maximum atomic E-state index is 14.7. The molecule has 9 heteroatoms. The van der Waals surface area contributed by atoms with Gasteiger partial charge in [-0.3, -0.25) is 14.6 Å². The highest BCUT2D eigenvalue weighted by Gasteiger charge is 2.39. The van der Waals surface area contributed by atoms with Gasteiger partial charge < -0.3 is 9.47 Å². The molecule has 4 aromatic rings. The van der Waals surface area contributed by atoms with Gasteiger partial charge >= 0.3 is 12.1 Å². The monoisotopic (exact) mass is 658 g/mol. The number of carbonyl (C=O) groups is 3. The van der Waals surface area contributed by atoms with E-state index in [4.69, 9.17) is 21.1 Å². The lowest BCUT2D eigenvalue weighted by Crippen LogP contribution is -2.46. The lowest BCUT2D eigenvalue weighted by atomic mass is 9.71. The summed E-state index contributed by atoms with van der Waals surface area (Å²) in [6.07, 6.45) is 4.64. The van der Waals surface area contributed by atoms with Gasteiger partial charge in [0.05, 0.1) is 24.7 Å². The summed E-state index contributed by atoms with van der Waals surface area (Å²) in [5.74, 6) is -1.37. The van der Waals surface area contributed by atoms with Crippen molar-refractivity contribution < 1.29 is 28.2 Å². The van der Waals surface area contributed by atoms with E-state index in [0.717, 1.165) is 58.2 Å². The number of hydrogen-bond donors (Lipinski definition) is 0. The summed E-state index contributed by atoms with van der Waals surface area (Å²) in [6.45, 7) is 5.29. The normalized spacial score (nSPS) is 17.1. The van der Waals surface area contributed by atoms with Gasteiger partial charge in [-0.2, -0.15) is 0 Å². The van der Waals surface area contributed by atoms with Crippen LogP contribution in [-0.2, 0) is 31.9 Å². The number of imide groups is 1. The van der Waals surface area contributed by atoms with Crippen molar-refractivity contribution in [1.29, 1.82) is 0 Å². The van der Waals surface area contributed by atoms with E-state index in [1.165, 1.54) is 13.2 Å². The smallest absolute Gasteiger partial charge is 0.421 e. The first kappa shape index (κ1) is 34.0. The van der Waals surface area contributed by atoms with Crippen molar-refractivity contribution in [3.63, 3.8) is 0 Å². The second-order valence-corrected chi connectivity index (χ2v) is 13.6. The largest absolute Gasteiger partial charge is 0.469 e. The number of methoxy groups -OCH3 is 1. The SMILES string of the molecule is COC(=O)Cc1ccc(CC(C(=O)N(C(=O)OC(C)(C)C)c2ccc(Cl)cc2)[C@H]2CC[C@@H](c3ccnc4ccc(F)cc43)CC2)cc1. The summed E-state index contributed by atoms with van der Waals surface area (Å²) in [4.78, 5) is 45.7. The molecule has 0 saturated heterocycles. The maximum Gasteiger partial charge on any atom is 0.421 e. The quantitative estimate of drug-likeness (QED) is 0.176. The molecule has 0 radical (unpaired) electrons. The minimum Gasteiger partial charge on any atom is -0.469 e. The predicted octanol–water partition coefficient (Wildman–Crippen LogP) is 8.84. The highest BCUT2D eigenvalue weighted by atomic mass is 35.5. The molecular formula is C38H40ClFN2O5. The Morgan fingerprint density at radius 2 is 1.60 bits per heavy atom. The van der Waals surface area contributed by atoms with E-state index in [9.17, 15) is 18.8 Å². The number of halogens is 2. The lowest BCUT2D eigenvalue weighted by molar-refractivity contribution is -0.139. The molecular weight excluding hydrogens is 619 g/mol. The van der Waals surface area contributed by atoms with Crippen molar-refractivity contribution >= 4 is 46.2 Å². The van der Waals surface area contributed by atoms with Gasteiger partial charge in [0.1, 0.15) is 11.4 Å². The molecule has 1 atom stereocenters. The van der Waals surface area contributed by atoms with Crippen LogP contribution in [0.5, 0.6) is 0 Å². The molecule has 5 rings (SSSR count). The fraction of sp³-hybridized carbons (Fsp3) is 0.368. The molecule has 2 amide bonds. The number of aromatic nitrogens is 1. The molecule has 1 aliphatic rings. The fourth-order valence-corrected chi connectivity index (χ4v) is 6.58. The third kappa shape index (κ3) is 8.55. The van der Waals surface area contributed by atoms with Crippen LogP contribution in [0.4, 0.5) is 14.9 Å². The average Bonchev–Trinajstić information content (AvgIpc) is 3.04. The molecule has 0 aliphatic heterocycles. The highest BCUT2D eigenvalue weighted by Crippen LogP contribution is 2.42. The van der Waals surface area contributed by atoms with E-state index in [0.29, 0.717) is 17.1 Å². The van der Waals surface area contributed by atoms with Gasteiger partial charge in [-0.1, -0.05) is 35.9 Å². The van der Waals surface area contributed by atoms with Gasteiger partial charge in [-0.05, 0) is 130 Å². The minimum atomic E-state index is -0.822. The van der Waals surface area contributed by atoms with Crippen molar-refractivity contribution in [2.24, 2.45) is 11.8 Å². The van der Waals surface area contributed by atoms with Gasteiger partial charge in [-0.25, -0.2) is 14.1 Å². The minimum absolute atomic E-state index is 0.0319. The Kier molecular flexibility index (Phi) is 10.6. The first-order valence-electron chi connectivity index (χ1n) is 15.9. The zero-order chi connectivity index (χ0) is 33.7. The van der Waals surface area contributed by atoms with Gasteiger partial charge in [0.25, 0.3) is 0 Å². The number of anilines is 1. The number of fused-ring (bicyclic) bond motifs is 1. The van der Waals surface area contributed by atoms with E-state index < -0.39 is 17.6 Å². The summed E-state index contributed by atoms with van der Waals surface area (Å²) in [7, 11) is 1.36. The molecule has 47 heavy (non-hydrogen) atoms. The van der Waals surface area contributed by atoms with Crippen LogP contribution in [0.25, 0.3) is 10.9 Å². The van der Waals surface area contributed by atoms with Gasteiger partial charge in [0.15, 0.2) is 0 Å². The number of esters is 1. The maximum absolute atomic E-state index is 14.7. The number of carbonyl (C=O) groups excluding carboxylic acids is 3. The molecule has 0 bridgehead atoms. The number of ether oxygens (including phenoxy) is 2. The predicted molar refractivity (Wildman–Crippen MR) is 181 cm³/mol. The number of hydrogen-bond acceptors (Lipinski definition) is 6. The van der Waals surface area contributed by atoms with E-state index in [-0.39, 0.29) is 36.0 Å². The Balaban J connectivity index is 1.45. The average molecular weight is 659 g/mol. The highest BCUT2D eigenvalue weighted by molar-refractivity contribution is 6.30. The summed E-state index contributed by atoms with van der Waals surface area (Å²) in [6, 6.07) is 20.8. The molecule has 246 valence electrons. The zero-order valence-electron chi connectivity index (χ0n) is 27.2. The number of amides is 2. The molecule has 0 N–H and O–H groups in total. The molecule has 3 aromatic carbocycles. The second-order valence-electron chi connectivity index (χ2n) is 13.2. The standard InChI is InChI=1S/C38H40ClFN2O5/c1-38(2,3)47-37(45)42(30-16-13-28(39)14-17-30)36(44)32(21-24-5-7-25(8-6-24)22-35(43)46-4)27-11-9-26(10-12-27)31-19-20-41-34-18-15-29(40)23-33(31)34/h5-8,13-20,23,26-27,32H,9-12,21-22H2,1-4H3/t26-,27+,32?. The van der Waals surface area contributed by atoms with Gasteiger partial charge in [0.2, 0.25) is 5.91 Å². The Morgan fingerprint density at radius 1 is 0.936 bits per heavy atom. The summed E-state index contributed by atoms with van der Waals surface area (Å²) < 4.78 is 24.8. The Labute approximate surface area is 280 Å². The number of pyridine rings is 1. The second kappa shape index (κ2) is 14.6. The third-order valence-corrected chi connectivity index (χ3v) is 9.02. The van der Waals surface area contributed by atoms with E-state index in [1.54, 1.807) is 63.4 Å². The number of nitrogens with zero attached hydrogens (tertiary/aromatic N) is 2. The Hall–Kier alpha value is -4.30. The topological polar surface area (TPSA) is 85.8 Å². The zero-order valence-corrected chi connectivity index (χ0v) is 27.9. The molecule has 1 saturated carbocycles. The van der Waals surface area contributed by atoms with Crippen LogP contribution in [0.3, 0.4) is 0 Å². The van der Waals surface area contributed by atoms with Crippen LogP contribution in [0.1, 0.15) is 69.1 Å². The van der Waals surface area contributed by atoms with Gasteiger partial charge in [-0.15, -0.1) is 0 Å². The van der Waals surface area contributed by atoms with E-state index in [2.05, 4.69) is 4.98 Å². The molecule has 1 heterocycles. The van der Waals surface area contributed by atoms with Crippen LogP contribution >= 0.6 is 11.6 Å². The summed E-state index contributed by atoms with van der Waals surface area (Å²) in [5, 5.41) is 1.30. The van der Waals surface area contributed by atoms with E-state index >= 15 is 0 Å². The fourth-order valence-electron chi connectivity index (χ4n) is 6.46. The molecule has 1 unspecified atom stereocenters. The summed E-state index contributed by atoms with van der Waals surface area (Å²) in [5.41, 5.74) is 3.10. The van der Waals surface area contributed by atoms with E-state index in [1.807, 2.05) is 30.3 Å². The van der Waals surface area contributed by atoms with Crippen LogP contribution < -0.4 is 4.90 Å². The Bertz CT molecular complexity index is 1730. The molecule has 0 spiro atoms. The lowest BCUT2D eigenvalue weighted by Gasteiger charge is -2.36. The first-order valence-corrected chi connectivity index (χ1v) is 16.3. The van der Waals surface area contributed by atoms with Gasteiger partial charge in [0, 0.05) is 22.5 Å². The Morgan fingerprint density at radius 3 is 2.23 bits per heavy atom. The van der Waals surface area contributed by atoms with Crippen molar-refractivity contribution in [1.82, 2.24) is 4.98 Å². The molecule has 1 aliphatic carbocycles. The molecule has 1 fully saturated rings.